The Morgan fingerprint density at radius 2 is 0.974 bits per heavy atom. The third kappa shape index (κ3) is 19.0. The number of carbonyl (C=O) groups is 9. The smallest absolute Gasteiger partial charge is 0.246 e. The molecule has 0 aromatic carbocycles. The molecule has 1 fully saturated rings. The summed E-state index contributed by atoms with van der Waals surface area (Å²) in [6, 6.07) is -8.72. The molecule has 0 aliphatic carbocycles. The number of ether oxygens (including phenoxy) is 1. The molecule has 20 heteroatoms. The van der Waals surface area contributed by atoms with Gasteiger partial charge in [-0.1, -0.05) is 104 Å². The molecule has 1 aliphatic heterocycles. The SMILES string of the molecule is CC(C)CCC(=O)N(C)[C@@H](CC(C)C)C(=O)N(C)[C@H](C(=O)N(C)[C@H](C(=O)N[C@H](C(=O)N(C)[C@H](C)C(=O)N(C)[C@@H](CC(C)C)C(=O)N[C@H](C(=O)N(C)[C@@H](CC(C)C)C(N)=O)C(C)C)C(C)C)[C@@H]1OC(CO)C[C@H]1C)C(C)C. The van der Waals surface area contributed by atoms with Gasteiger partial charge < -0.3 is 55.6 Å². The van der Waals surface area contributed by atoms with Crippen LogP contribution in [0.25, 0.3) is 0 Å². The van der Waals surface area contributed by atoms with E-state index in [-0.39, 0.29) is 54.9 Å². The predicted molar refractivity (Wildman–Crippen MR) is 295 cm³/mol. The van der Waals surface area contributed by atoms with Gasteiger partial charge in [0.15, 0.2) is 0 Å². The summed E-state index contributed by atoms with van der Waals surface area (Å²) in [6.45, 7) is 29.1. The summed E-state index contributed by atoms with van der Waals surface area (Å²) in [6.07, 6.45) is 0.616. The van der Waals surface area contributed by atoms with Crippen LogP contribution in [-0.2, 0) is 47.9 Å². The van der Waals surface area contributed by atoms with Gasteiger partial charge in [0.2, 0.25) is 53.2 Å². The Bertz CT molecular complexity index is 1960. The third-order valence-electron chi connectivity index (χ3n) is 14.9. The van der Waals surface area contributed by atoms with Gasteiger partial charge in [-0.3, -0.25) is 43.2 Å². The van der Waals surface area contributed by atoms with Crippen molar-refractivity contribution in [1.82, 2.24) is 40.0 Å². The molecule has 438 valence electrons. The van der Waals surface area contributed by atoms with Crippen LogP contribution in [0, 0.1) is 47.3 Å². The first-order valence-electron chi connectivity index (χ1n) is 27.7. The van der Waals surface area contributed by atoms with Crippen LogP contribution >= 0.6 is 0 Å². The predicted octanol–water partition coefficient (Wildman–Crippen LogP) is 3.75. The average Bonchev–Trinajstić information content (AvgIpc) is 3.70. The number of primary amides is 1. The van der Waals surface area contributed by atoms with Crippen LogP contribution in [0.2, 0.25) is 0 Å². The summed E-state index contributed by atoms with van der Waals surface area (Å²) >= 11 is 0. The van der Waals surface area contributed by atoms with Crippen LogP contribution in [0.15, 0.2) is 0 Å². The maximum atomic E-state index is 15.0. The van der Waals surface area contributed by atoms with Gasteiger partial charge in [0, 0.05) is 48.7 Å². The number of likely N-dealkylation sites (N-methyl/N-ethyl adjacent to an activating group) is 6. The van der Waals surface area contributed by atoms with E-state index in [1.807, 2.05) is 62.3 Å². The highest BCUT2D eigenvalue weighted by Crippen LogP contribution is 2.32. The van der Waals surface area contributed by atoms with Crippen molar-refractivity contribution in [2.24, 2.45) is 53.1 Å². The van der Waals surface area contributed by atoms with E-state index in [9.17, 15) is 43.5 Å². The fourth-order valence-electron chi connectivity index (χ4n) is 9.97. The molecule has 1 aliphatic rings. The van der Waals surface area contributed by atoms with Crippen LogP contribution in [0.5, 0.6) is 0 Å². The average molecular weight is 1080 g/mol. The van der Waals surface area contributed by atoms with Gasteiger partial charge in [-0.05, 0) is 86.4 Å². The lowest BCUT2D eigenvalue weighted by Gasteiger charge is -2.41. The molecular weight excluding hydrogens is 975 g/mol. The third-order valence-corrected chi connectivity index (χ3v) is 14.9. The number of hydrogen-bond donors (Lipinski definition) is 4. The topological polar surface area (TPSA) is 253 Å². The number of carbonyl (C=O) groups excluding carboxylic acids is 9. The van der Waals surface area contributed by atoms with E-state index in [2.05, 4.69) is 10.6 Å². The van der Waals surface area contributed by atoms with Gasteiger partial charge in [-0.15, -0.1) is 0 Å². The van der Waals surface area contributed by atoms with E-state index in [1.54, 1.807) is 48.6 Å². The zero-order valence-corrected chi connectivity index (χ0v) is 50.6. The number of hydrogen-bond acceptors (Lipinski definition) is 11. The Balaban J connectivity index is 3.67. The molecule has 20 nitrogen and oxygen atoms in total. The molecule has 9 amide bonds. The van der Waals surface area contributed by atoms with Crippen molar-refractivity contribution in [1.29, 1.82) is 0 Å². The first-order chi connectivity index (χ1) is 35.0. The normalized spacial score (nSPS) is 18.9. The highest BCUT2D eigenvalue weighted by atomic mass is 16.5. The van der Waals surface area contributed by atoms with E-state index in [4.69, 9.17) is 10.5 Å². The number of aliphatic hydroxyl groups excluding tert-OH is 1. The minimum absolute atomic E-state index is 0.0342. The number of nitrogens with two attached hydrogens (primary N) is 1. The van der Waals surface area contributed by atoms with Gasteiger partial charge in [0.1, 0.15) is 48.3 Å². The van der Waals surface area contributed by atoms with E-state index >= 15 is 4.79 Å². The summed E-state index contributed by atoms with van der Waals surface area (Å²) in [5.74, 6) is -6.36. The molecule has 0 radical (unpaired) electrons. The zero-order valence-electron chi connectivity index (χ0n) is 50.6. The van der Waals surface area contributed by atoms with Gasteiger partial charge in [0.05, 0.1) is 18.8 Å². The number of amides is 9. The first-order valence-corrected chi connectivity index (χ1v) is 27.7. The van der Waals surface area contributed by atoms with Crippen molar-refractivity contribution in [2.45, 2.75) is 210 Å². The Kier molecular flexibility index (Phi) is 28.1. The Morgan fingerprint density at radius 1 is 0.526 bits per heavy atom. The summed E-state index contributed by atoms with van der Waals surface area (Å²) in [5, 5.41) is 15.9. The molecule has 5 N–H and O–H groups in total. The van der Waals surface area contributed by atoms with Crippen LogP contribution in [0.4, 0.5) is 0 Å². The first kappa shape index (κ1) is 69.2. The van der Waals surface area contributed by atoms with Gasteiger partial charge in [-0.2, -0.15) is 0 Å². The monoisotopic (exact) mass is 1080 g/mol. The Hall–Kier alpha value is -4.85. The van der Waals surface area contributed by atoms with Crippen molar-refractivity contribution in [3.05, 3.63) is 0 Å². The summed E-state index contributed by atoms with van der Waals surface area (Å²) in [7, 11) is 8.97. The fourth-order valence-corrected chi connectivity index (χ4v) is 9.97. The second-order valence-corrected chi connectivity index (χ2v) is 24.4. The molecule has 0 saturated carbocycles. The minimum atomic E-state index is -1.35. The molecule has 1 rings (SSSR count). The number of aliphatic hydroxyl groups is 1. The second kappa shape index (κ2) is 30.9. The lowest BCUT2D eigenvalue weighted by molar-refractivity contribution is -0.157. The van der Waals surface area contributed by atoms with Crippen molar-refractivity contribution in [3.8, 4) is 0 Å². The zero-order chi connectivity index (χ0) is 59.1. The molecule has 0 bridgehead atoms. The van der Waals surface area contributed by atoms with E-state index in [0.717, 1.165) is 0 Å². The number of nitrogens with zero attached hydrogens (tertiary/aromatic N) is 6. The number of nitrogens with one attached hydrogen (secondary N) is 2. The van der Waals surface area contributed by atoms with Gasteiger partial charge >= 0.3 is 0 Å². The van der Waals surface area contributed by atoms with Crippen molar-refractivity contribution >= 4 is 53.2 Å². The molecule has 1 heterocycles. The molecule has 76 heavy (non-hydrogen) atoms. The van der Waals surface area contributed by atoms with Crippen LogP contribution in [0.1, 0.15) is 149 Å². The molecule has 11 atom stereocenters. The maximum Gasteiger partial charge on any atom is 0.246 e. The Labute approximate surface area is 456 Å². The molecule has 1 unspecified atom stereocenters. The molecule has 0 aromatic heterocycles. The summed E-state index contributed by atoms with van der Waals surface area (Å²) < 4.78 is 6.27. The van der Waals surface area contributed by atoms with Crippen LogP contribution in [-0.4, -0.2) is 197 Å². The maximum absolute atomic E-state index is 15.0. The van der Waals surface area contributed by atoms with Crippen LogP contribution in [0.3, 0.4) is 0 Å². The fraction of sp³-hybridized carbons (Fsp3) is 0.839. The van der Waals surface area contributed by atoms with Crippen molar-refractivity contribution in [3.63, 3.8) is 0 Å². The quantitative estimate of drug-likeness (QED) is 0.0806. The van der Waals surface area contributed by atoms with Gasteiger partial charge in [0.25, 0.3) is 0 Å². The number of rotatable bonds is 30. The molecule has 0 spiro atoms. The summed E-state index contributed by atoms with van der Waals surface area (Å²) in [4.78, 5) is 135. The standard InChI is InChI=1S/C56H103N9O11/c1-30(2)23-24-43(67)61(18)42(27-33(7)8)53(72)64(21)46(36(13)14)56(75)65(22)47(48-37(15)28-39(29-66)76-48)51(70)59-44(34(9)10)54(73)60(17)38(16)52(71)63(20)41(26-32(5)6)50(69)58-45(35(11)12)55(74)62(19)40(49(57)68)25-31(3)4/h30-42,44-48,66H,23-29H2,1-22H3,(H2,57,68)(H,58,69)(H,59,70)/t37-,38-,39?,40+,41+,42+,44+,45+,46+,47+,48-/m1/s1. The lowest BCUT2D eigenvalue weighted by Crippen LogP contribution is -2.64. The molecular formula is C56H103N9O11. The van der Waals surface area contributed by atoms with Crippen molar-refractivity contribution < 1.29 is 53.0 Å². The largest absolute Gasteiger partial charge is 0.394 e. The highest BCUT2D eigenvalue weighted by Gasteiger charge is 2.48. The van der Waals surface area contributed by atoms with E-state index < -0.39 is 126 Å². The van der Waals surface area contributed by atoms with E-state index in [0.29, 0.717) is 25.7 Å². The second-order valence-electron chi connectivity index (χ2n) is 24.4. The van der Waals surface area contributed by atoms with Gasteiger partial charge in [-0.25, -0.2) is 0 Å². The van der Waals surface area contributed by atoms with Crippen molar-refractivity contribution in [2.75, 3.05) is 48.9 Å². The van der Waals surface area contributed by atoms with E-state index in [1.165, 1.54) is 71.6 Å². The van der Waals surface area contributed by atoms with Crippen LogP contribution < -0.4 is 16.4 Å². The lowest BCUT2D eigenvalue weighted by atomic mass is 9.92. The molecule has 1 saturated heterocycles. The highest BCUT2D eigenvalue weighted by molar-refractivity contribution is 5.98. The Morgan fingerprint density at radius 3 is 1.39 bits per heavy atom. The minimum Gasteiger partial charge on any atom is -0.394 e. The summed E-state index contributed by atoms with van der Waals surface area (Å²) in [5.41, 5.74) is 5.71. The molecule has 0 aromatic rings.